The molecular formula is C16H25BrN2O. The summed E-state index contributed by atoms with van der Waals surface area (Å²) >= 11 is 3.54. The summed E-state index contributed by atoms with van der Waals surface area (Å²) in [4.78, 5) is 12.1. The van der Waals surface area contributed by atoms with E-state index < -0.39 is 0 Å². The van der Waals surface area contributed by atoms with Gasteiger partial charge in [-0.3, -0.25) is 10.1 Å². The first-order valence-electron chi connectivity index (χ1n) is 7.26. The SMILES string of the molecule is CCCC(C)NC(=O)C(C)N[C@@H](C)c1ccccc1Br. The Labute approximate surface area is 130 Å². The number of amides is 1. The summed E-state index contributed by atoms with van der Waals surface area (Å²) in [6, 6.07) is 8.21. The molecule has 0 saturated heterocycles. The van der Waals surface area contributed by atoms with Crippen molar-refractivity contribution in [3.63, 3.8) is 0 Å². The Balaban J connectivity index is 2.55. The molecule has 4 heteroatoms. The molecule has 2 unspecified atom stereocenters. The quantitative estimate of drug-likeness (QED) is 0.792. The second-order valence-corrected chi connectivity index (χ2v) is 6.18. The van der Waals surface area contributed by atoms with Crippen molar-refractivity contribution in [1.82, 2.24) is 10.6 Å². The maximum Gasteiger partial charge on any atom is 0.237 e. The van der Waals surface area contributed by atoms with Crippen molar-refractivity contribution in [3.8, 4) is 0 Å². The summed E-state index contributed by atoms with van der Waals surface area (Å²) < 4.78 is 1.06. The number of rotatable bonds is 7. The van der Waals surface area contributed by atoms with Crippen LogP contribution in [0.25, 0.3) is 0 Å². The van der Waals surface area contributed by atoms with E-state index in [1.807, 2.05) is 32.0 Å². The number of hydrogen-bond acceptors (Lipinski definition) is 2. The van der Waals surface area contributed by atoms with E-state index >= 15 is 0 Å². The Morgan fingerprint density at radius 1 is 1.25 bits per heavy atom. The minimum atomic E-state index is -0.212. The lowest BCUT2D eigenvalue weighted by molar-refractivity contribution is -0.123. The van der Waals surface area contributed by atoms with Crippen LogP contribution in [0.4, 0.5) is 0 Å². The minimum Gasteiger partial charge on any atom is -0.352 e. The van der Waals surface area contributed by atoms with Crippen molar-refractivity contribution >= 4 is 21.8 Å². The summed E-state index contributed by atoms with van der Waals surface area (Å²) in [5.41, 5.74) is 1.16. The zero-order valence-corrected chi connectivity index (χ0v) is 14.3. The highest BCUT2D eigenvalue weighted by atomic mass is 79.9. The van der Waals surface area contributed by atoms with Crippen molar-refractivity contribution in [2.24, 2.45) is 0 Å². The van der Waals surface area contributed by atoms with Crippen LogP contribution >= 0.6 is 15.9 Å². The number of carbonyl (C=O) groups excluding carboxylic acids is 1. The van der Waals surface area contributed by atoms with Crippen molar-refractivity contribution in [2.75, 3.05) is 0 Å². The predicted molar refractivity (Wildman–Crippen MR) is 87.7 cm³/mol. The molecule has 0 aromatic heterocycles. The third-order valence-corrected chi connectivity index (χ3v) is 4.10. The number of halogens is 1. The molecule has 1 rings (SSSR count). The van der Waals surface area contributed by atoms with Gasteiger partial charge in [0.1, 0.15) is 0 Å². The van der Waals surface area contributed by atoms with Gasteiger partial charge in [0.25, 0.3) is 0 Å². The molecule has 1 amide bonds. The zero-order valence-electron chi connectivity index (χ0n) is 12.7. The van der Waals surface area contributed by atoms with Crippen LogP contribution in [0.1, 0.15) is 52.1 Å². The van der Waals surface area contributed by atoms with E-state index in [-0.39, 0.29) is 24.0 Å². The fraction of sp³-hybridized carbons (Fsp3) is 0.562. The van der Waals surface area contributed by atoms with Gasteiger partial charge in [-0.25, -0.2) is 0 Å². The lowest BCUT2D eigenvalue weighted by Crippen LogP contribution is -2.46. The van der Waals surface area contributed by atoms with Crippen molar-refractivity contribution in [1.29, 1.82) is 0 Å². The van der Waals surface area contributed by atoms with Crippen LogP contribution in [0.5, 0.6) is 0 Å². The standard InChI is InChI=1S/C16H25BrN2O/c1-5-8-11(2)18-16(20)13(4)19-12(3)14-9-6-7-10-15(14)17/h6-7,9-13,19H,5,8H2,1-4H3,(H,18,20)/t11?,12-,13?/m0/s1. The van der Waals surface area contributed by atoms with Gasteiger partial charge in [0.2, 0.25) is 5.91 Å². The summed E-state index contributed by atoms with van der Waals surface area (Å²) in [6.07, 6.45) is 2.09. The van der Waals surface area contributed by atoms with E-state index in [4.69, 9.17) is 0 Å². The molecule has 0 radical (unpaired) electrons. The van der Waals surface area contributed by atoms with Gasteiger partial charge in [0, 0.05) is 16.6 Å². The maximum atomic E-state index is 12.1. The molecule has 2 N–H and O–H groups in total. The molecule has 0 heterocycles. The van der Waals surface area contributed by atoms with E-state index in [9.17, 15) is 4.79 Å². The Bertz CT molecular complexity index is 436. The van der Waals surface area contributed by atoms with Crippen LogP contribution in [-0.2, 0) is 4.79 Å². The molecule has 0 aliphatic rings. The molecule has 112 valence electrons. The topological polar surface area (TPSA) is 41.1 Å². The summed E-state index contributed by atoms with van der Waals surface area (Å²) in [7, 11) is 0. The zero-order chi connectivity index (χ0) is 15.1. The first-order valence-corrected chi connectivity index (χ1v) is 8.05. The van der Waals surface area contributed by atoms with Gasteiger partial charge in [-0.15, -0.1) is 0 Å². The normalized spacial score (nSPS) is 15.4. The van der Waals surface area contributed by atoms with Gasteiger partial charge in [0.05, 0.1) is 6.04 Å². The molecule has 0 aliphatic carbocycles. The van der Waals surface area contributed by atoms with Crippen LogP contribution in [0.2, 0.25) is 0 Å². The van der Waals surface area contributed by atoms with E-state index in [0.29, 0.717) is 0 Å². The molecule has 0 bridgehead atoms. The van der Waals surface area contributed by atoms with Crippen LogP contribution in [0.15, 0.2) is 28.7 Å². The molecular weight excluding hydrogens is 316 g/mol. The Morgan fingerprint density at radius 3 is 2.50 bits per heavy atom. The minimum absolute atomic E-state index is 0.0600. The highest BCUT2D eigenvalue weighted by Gasteiger charge is 2.18. The highest BCUT2D eigenvalue weighted by Crippen LogP contribution is 2.22. The third kappa shape index (κ3) is 5.25. The fourth-order valence-electron chi connectivity index (χ4n) is 2.24. The van der Waals surface area contributed by atoms with E-state index in [0.717, 1.165) is 22.9 Å². The van der Waals surface area contributed by atoms with Crippen molar-refractivity contribution in [3.05, 3.63) is 34.3 Å². The first kappa shape index (κ1) is 17.2. The fourth-order valence-corrected chi connectivity index (χ4v) is 2.87. The molecule has 0 saturated carbocycles. The Morgan fingerprint density at radius 2 is 1.90 bits per heavy atom. The average Bonchev–Trinajstić information content (AvgIpc) is 2.39. The lowest BCUT2D eigenvalue weighted by Gasteiger charge is -2.22. The van der Waals surface area contributed by atoms with Gasteiger partial charge in [0.15, 0.2) is 0 Å². The smallest absolute Gasteiger partial charge is 0.237 e. The number of carbonyl (C=O) groups is 1. The number of hydrogen-bond donors (Lipinski definition) is 2. The molecule has 1 aromatic carbocycles. The van der Waals surface area contributed by atoms with Crippen molar-refractivity contribution < 1.29 is 4.79 Å². The summed E-state index contributed by atoms with van der Waals surface area (Å²) in [6.45, 7) is 8.14. The predicted octanol–water partition coefficient (Wildman–Crippen LogP) is 3.79. The van der Waals surface area contributed by atoms with Crippen LogP contribution in [-0.4, -0.2) is 18.0 Å². The van der Waals surface area contributed by atoms with Crippen LogP contribution < -0.4 is 10.6 Å². The Kier molecular flexibility index (Phi) is 7.24. The van der Waals surface area contributed by atoms with E-state index in [1.54, 1.807) is 0 Å². The van der Waals surface area contributed by atoms with Gasteiger partial charge in [-0.2, -0.15) is 0 Å². The third-order valence-electron chi connectivity index (χ3n) is 3.38. The second-order valence-electron chi connectivity index (χ2n) is 5.33. The molecule has 0 spiro atoms. The molecule has 3 nitrogen and oxygen atoms in total. The lowest BCUT2D eigenvalue weighted by atomic mass is 10.1. The molecule has 0 aliphatic heterocycles. The highest BCUT2D eigenvalue weighted by molar-refractivity contribution is 9.10. The van der Waals surface area contributed by atoms with Gasteiger partial charge in [-0.1, -0.05) is 47.5 Å². The molecule has 1 aromatic rings. The summed E-state index contributed by atoms with van der Waals surface area (Å²) in [5, 5.41) is 6.38. The van der Waals surface area contributed by atoms with Gasteiger partial charge < -0.3 is 5.32 Å². The number of nitrogens with one attached hydrogen (secondary N) is 2. The van der Waals surface area contributed by atoms with E-state index in [2.05, 4.69) is 46.5 Å². The van der Waals surface area contributed by atoms with E-state index in [1.165, 1.54) is 0 Å². The average molecular weight is 341 g/mol. The Hall–Kier alpha value is -0.870. The van der Waals surface area contributed by atoms with Gasteiger partial charge in [-0.05, 0) is 38.8 Å². The van der Waals surface area contributed by atoms with Crippen LogP contribution in [0.3, 0.4) is 0 Å². The molecule has 3 atom stereocenters. The summed E-state index contributed by atoms with van der Waals surface area (Å²) in [5.74, 6) is 0.0600. The molecule has 20 heavy (non-hydrogen) atoms. The largest absolute Gasteiger partial charge is 0.352 e. The van der Waals surface area contributed by atoms with Gasteiger partial charge >= 0.3 is 0 Å². The second kappa shape index (κ2) is 8.42. The van der Waals surface area contributed by atoms with Crippen molar-refractivity contribution in [2.45, 2.75) is 58.7 Å². The number of benzene rings is 1. The first-order chi connectivity index (χ1) is 9.45. The molecule has 0 fully saturated rings. The monoisotopic (exact) mass is 340 g/mol. The maximum absolute atomic E-state index is 12.1. The van der Waals surface area contributed by atoms with Crippen LogP contribution in [0, 0.1) is 0 Å².